The van der Waals surface area contributed by atoms with Gasteiger partial charge in [-0.15, -0.1) is 0 Å². The lowest BCUT2D eigenvalue weighted by atomic mass is 9.87. The van der Waals surface area contributed by atoms with Gasteiger partial charge in [-0.2, -0.15) is 5.10 Å². The number of aromatic nitrogens is 2. The van der Waals surface area contributed by atoms with Crippen LogP contribution in [0.2, 0.25) is 0 Å². The Kier molecular flexibility index (Phi) is 5.25. The molecule has 1 aromatic heterocycles. The summed E-state index contributed by atoms with van der Waals surface area (Å²) in [5, 5.41) is 7.35. The van der Waals surface area contributed by atoms with Crippen molar-refractivity contribution in [3.63, 3.8) is 0 Å². The molecule has 0 atom stereocenters. The Bertz CT molecular complexity index is 845. The maximum Gasteiger partial charge on any atom is 0.267 e. The molecule has 1 aromatic carbocycles. The van der Waals surface area contributed by atoms with E-state index >= 15 is 0 Å². The highest BCUT2D eigenvalue weighted by atomic mass is 16.1. The fourth-order valence-electron chi connectivity index (χ4n) is 3.26. The Morgan fingerprint density at radius 2 is 1.85 bits per heavy atom. The van der Waals surface area contributed by atoms with Gasteiger partial charge in [-0.25, -0.2) is 4.68 Å². The summed E-state index contributed by atoms with van der Waals surface area (Å²) < 4.78 is 1.47. The standard InChI is InChI=1S/C21H27N3O2/c1-21(2,3)17-10-8-15(9-11-17)20(26)22-12-13-24-19(25)14-16-6-4-5-7-18(16)23-24/h8-11,14H,4-7,12-13H2,1-3H3,(H,22,26). The lowest BCUT2D eigenvalue weighted by molar-refractivity contribution is 0.0951. The molecule has 1 aliphatic rings. The zero-order valence-corrected chi connectivity index (χ0v) is 15.8. The summed E-state index contributed by atoms with van der Waals surface area (Å²) in [7, 11) is 0. The molecule has 5 heteroatoms. The molecule has 0 saturated carbocycles. The van der Waals surface area contributed by atoms with Gasteiger partial charge in [-0.1, -0.05) is 32.9 Å². The summed E-state index contributed by atoms with van der Waals surface area (Å²) in [5.41, 5.74) is 3.91. The van der Waals surface area contributed by atoms with E-state index in [9.17, 15) is 9.59 Å². The molecule has 0 spiro atoms. The van der Waals surface area contributed by atoms with E-state index in [4.69, 9.17) is 0 Å². The molecule has 1 amide bonds. The summed E-state index contributed by atoms with van der Waals surface area (Å²) in [6.45, 7) is 7.20. The Morgan fingerprint density at radius 1 is 1.15 bits per heavy atom. The molecule has 5 nitrogen and oxygen atoms in total. The highest BCUT2D eigenvalue weighted by Gasteiger charge is 2.15. The van der Waals surface area contributed by atoms with Crippen LogP contribution in [0.15, 0.2) is 35.1 Å². The van der Waals surface area contributed by atoms with Gasteiger partial charge in [0.15, 0.2) is 0 Å². The minimum atomic E-state index is -0.128. The maximum absolute atomic E-state index is 12.3. The lowest BCUT2D eigenvalue weighted by Crippen LogP contribution is -2.33. The van der Waals surface area contributed by atoms with Gasteiger partial charge in [-0.3, -0.25) is 9.59 Å². The summed E-state index contributed by atoms with van der Waals surface area (Å²) in [5.74, 6) is -0.128. The Balaban J connectivity index is 1.59. The number of rotatable bonds is 4. The number of amides is 1. The van der Waals surface area contributed by atoms with Crippen LogP contribution in [-0.4, -0.2) is 22.2 Å². The normalized spacial score (nSPS) is 14.0. The van der Waals surface area contributed by atoms with Crippen molar-refractivity contribution in [3.8, 4) is 0 Å². The van der Waals surface area contributed by atoms with Crippen LogP contribution in [-0.2, 0) is 24.8 Å². The van der Waals surface area contributed by atoms with Crippen molar-refractivity contribution >= 4 is 5.91 Å². The number of carbonyl (C=O) groups is 1. The van der Waals surface area contributed by atoms with Gasteiger partial charge >= 0.3 is 0 Å². The molecule has 1 N–H and O–H groups in total. The zero-order chi connectivity index (χ0) is 18.7. The second-order valence-electron chi connectivity index (χ2n) is 7.97. The first-order chi connectivity index (χ1) is 12.3. The van der Waals surface area contributed by atoms with Gasteiger partial charge in [0, 0.05) is 18.2 Å². The number of nitrogens with zero attached hydrogens (tertiary/aromatic N) is 2. The smallest absolute Gasteiger partial charge is 0.267 e. The van der Waals surface area contributed by atoms with Gasteiger partial charge in [0.2, 0.25) is 0 Å². The quantitative estimate of drug-likeness (QED) is 0.919. The Morgan fingerprint density at radius 3 is 2.54 bits per heavy atom. The van der Waals surface area contributed by atoms with E-state index in [2.05, 4.69) is 31.2 Å². The predicted molar refractivity (Wildman–Crippen MR) is 103 cm³/mol. The Labute approximate surface area is 154 Å². The highest BCUT2D eigenvalue weighted by molar-refractivity contribution is 5.94. The van der Waals surface area contributed by atoms with E-state index in [0.717, 1.165) is 36.9 Å². The van der Waals surface area contributed by atoms with Crippen LogP contribution in [0.4, 0.5) is 0 Å². The molecular weight excluding hydrogens is 326 g/mol. The van der Waals surface area contributed by atoms with Crippen LogP contribution in [0, 0.1) is 0 Å². The molecule has 0 radical (unpaired) electrons. The highest BCUT2D eigenvalue weighted by Crippen LogP contribution is 2.22. The van der Waals surface area contributed by atoms with Crippen LogP contribution in [0.1, 0.15) is 60.8 Å². The van der Waals surface area contributed by atoms with E-state index < -0.39 is 0 Å². The van der Waals surface area contributed by atoms with E-state index in [1.54, 1.807) is 6.07 Å². The van der Waals surface area contributed by atoms with Crippen LogP contribution in [0.25, 0.3) is 0 Å². The van der Waals surface area contributed by atoms with Crippen molar-refractivity contribution < 1.29 is 4.79 Å². The van der Waals surface area contributed by atoms with E-state index in [1.807, 2.05) is 24.3 Å². The van der Waals surface area contributed by atoms with Gasteiger partial charge in [-0.05, 0) is 54.4 Å². The number of hydrogen-bond acceptors (Lipinski definition) is 3. The first kappa shape index (κ1) is 18.4. The number of nitrogens with one attached hydrogen (secondary N) is 1. The van der Waals surface area contributed by atoms with Crippen LogP contribution < -0.4 is 10.9 Å². The number of benzene rings is 1. The number of fused-ring (bicyclic) bond motifs is 1. The minimum Gasteiger partial charge on any atom is -0.350 e. The second-order valence-corrected chi connectivity index (χ2v) is 7.97. The first-order valence-corrected chi connectivity index (χ1v) is 9.33. The number of aryl methyl sites for hydroxylation is 2. The minimum absolute atomic E-state index is 0.0638. The number of carbonyl (C=O) groups excluding carboxylic acids is 1. The average Bonchev–Trinajstić information content (AvgIpc) is 2.61. The van der Waals surface area contributed by atoms with Gasteiger partial charge < -0.3 is 5.32 Å². The van der Waals surface area contributed by atoms with E-state index in [-0.39, 0.29) is 16.9 Å². The Hall–Kier alpha value is -2.43. The van der Waals surface area contributed by atoms with Crippen molar-refractivity contribution in [2.45, 2.75) is 58.4 Å². The van der Waals surface area contributed by atoms with Gasteiger partial charge in [0.25, 0.3) is 11.5 Å². The first-order valence-electron chi connectivity index (χ1n) is 9.33. The molecule has 26 heavy (non-hydrogen) atoms. The summed E-state index contributed by atoms with van der Waals surface area (Å²) in [6, 6.07) is 9.38. The lowest BCUT2D eigenvalue weighted by Gasteiger charge is -2.19. The van der Waals surface area contributed by atoms with Crippen molar-refractivity contribution in [2.75, 3.05) is 6.54 Å². The molecule has 2 aromatic rings. The van der Waals surface area contributed by atoms with Crippen molar-refractivity contribution in [2.24, 2.45) is 0 Å². The van der Waals surface area contributed by atoms with Gasteiger partial charge in [0.05, 0.1) is 12.2 Å². The largest absolute Gasteiger partial charge is 0.350 e. The fraction of sp³-hybridized carbons (Fsp3) is 0.476. The second kappa shape index (κ2) is 7.44. The van der Waals surface area contributed by atoms with Crippen LogP contribution in [0.5, 0.6) is 0 Å². The average molecular weight is 353 g/mol. The fourth-order valence-corrected chi connectivity index (χ4v) is 3.26. The van der Waals surface area contributed by atoms with Crippen LogP contribution in [0.3, 0.4) is 0 Å². The third kappa shape index (κ3) is 4.21. The van der Waals surface area contributed by atoms with Gasteiger partial charge in [0.1, 0.15) is 0 Å². The molecule has 0 saturated heterocycles. The predicted octanol–water partition coefficient (Wildman–Crippen LogP) is 2.85. The molecule has 0 fully saturated rings. The molecular formula is C21H27N3O2. The zero-order valence-electron chi connectivity index (χ0n) is 15.8. The van der Waals surface area contributed by atoms with Crippen molar-refractivity contribution in [1.82, 2.24) is 15.1 Å². The third-order valence-corrected chi connectivity index (χ3v) is 4.90. The molecule has 1 heterocycles. The molecule has 138 valence electrons. The maximum atomic E-state index is 12.3. The summed E-state index contributed by atoms with van der Waals surface area (Å²) in [4.78, 5) is 24.5. The molecule has 3 rings (SSSR count). The molecule has 0 unspecified atom stereocenters. The van der Waals surface area contributed by atoms with E-state index in [0.29, 0.717) is 18.7 Å². The molecule has 0 aliphatic heterocycles. The molecule has 1 aliphatic carbocycles. The summed E-state index contributed by atoms with van der Waals surface area (Å²) >= 11 is 0. The number of hydrogen-bond donors (Lipinski definition) is 1. The van der Waals surface area contributed by atoms with E-state index in [1.165, 1.54) is 10.2 Å². The monoisotopic (exact) mass is 353 g/mol. The van der Waals surface area contributed by atoms with Crippen molar-refractivity contribution in [1.29, 1.82) is 0 Å². The SMILES string of the molecule is CC(C)(C)c1ccc(C(=O)NCCn2nc3c(cc2=O)CCCC3)cc1. The van der Waals surface area contributed by atoms with Crippen molar-refractivity contribution in [3.05, 3.63) is 63.1 Å². The third-order valence-electron chi connectivity index (χ3n) is 4.90. The summed E-state index contributed by atoms with van der Waals surface area (Å²) in [6.07, 6.45) is 4.13. The van der Waals surface area contributed by atoms with Crippen LogP contribution >= 0.6 is 0 Å². The topological polar surface area (TPSA) is 64.0 Å². The molecule has 0 bridgehead atoms.